The summed E-state index contributed by atoms with van der Waals surface area (Å²) >= 11 is 0. The summed E-state index contributed by atoms with van der Waals surface area (Å²) in [6, 6.07) is 4.36. The third kappa shape index (κ3) is 5.50. The van der Waals surface area contributed by atoms with E-state index in [9.17, 15) is 31.5 Å². The predicted molar refractivity (Wildman–Crippen MR) is 130 cm³/mol. The number of benzene rings is 1. The van der Waals surface area contributed by atoms with Crippen molar-refractivity contribution in [3.05, 3.63) is 71.4 Å². The van der Waals surface area contributed by atoms with E-state index in [1.165, 1.54) is 6.20 Å². The number of Topliss-reactive ketones (excluding diaryl/α,β-unsaturated/α-hetero) is 1. The van der Waals surface area contributed by atoms with E-state index in [0.29, 0.717) is 36.5 Å². The molecule has 3 N–H and O–H groups in total. The van der Waals surface area contributed by atoms with Crippen molar-refractivity contribution in [3.63, 3.8) is 0 Å². The zero-order valence-corrected chi connectivity index (χ0v) is 20.8. The molecule has 2 aromatic heterocycles. The summed E-state index contributed by atoms with van der Waals surface area (Å²) in [5.74, 6) is -4.41. The zero-order chi connectivity index (χ0) is 27.1. The molecule has 0 amide bonds. The second kappa shape index (κ2) is 10.2. The Kier molecular flexibility index (Phi) is 7.36. The second-order valence-electron chi connectivity index (χ2n) is 9.20. The maximum atomic E-state index is 14.7. The van der Waals surface area contributed by atoms with Gasteiger partial charge in [0.1, 0.15) is 28.8 Å². The van der Waals surface area contributed by atoms with E-state index in [4.69, 9.17) is 5.73 Å². The van der Waals surface area contributed by atoms with Crippen molar-refractivity contribution >= 4 is 21.3 Å². The molecule has 1 saturated heterocycles. The predicted octanol–water partition coefficient (Wildman–Crippen LogP) is 2.53. The summed E-state index contributed by atoms with van der Waals surface area (Å²) in [5.41, 5.74) is 5.42. The van der Waals surface area contributed by atoms with Crippen LogP contribution >= 0.6 is 0 Å². The molecular weight excluding hydrogens is 509 g/mol. The summed E-state index contributed by atoms with van der Waals surface area (Å²) < 4.78 is 67.3. The van der Waals surface area contributed by atoms with Gasteiger partial charge in [-0.05, 0) is 30.3 Å². The lowest BCUT2D eigenvalue weighted by Gasteiger charge is -2.40. The Morgan fingerprint density at radius 3 is 2.43 bits per heavy atom. The number of carbonyl (C=O) groups excluding carboxylic acids is 1. The van der Waals surface area contributed by atoms with Crippen LogP contribution in [0.3, 0.4) is 0 Å². The van der Waals surface area contributed by atoms with Gasteiger partial charge in [0.05, 0.1) is 16.6 Å². The number of anilines is 1. The van der Waals surface area contributed by atoms with Gasteiger partial charge in [-0.2, -0.15) is 0 Å². The van der Waals surface area contributed by atoms with Gasteiger partial charge in [0.15, 0.2) is 15.6 Å². The van der Waals surface area contributed by atoms with Crippen LogP contribution in [0.5, 0.6) is 0 Å². The molecule has 4 rings (SSSR count). The number of halogens is 3. The van der Waals surface area contributed by atoms with E-state index in [-0.39, 0.29) is 18.0 Å². The van der Waals surface area contributed by atoms with Crippen LogP contribution in [0.2, 0.25) is 0 Å². The molecule has 3 atom stereocenters. The molecule has 8 nitrogen and oxygen atoms in total. The molecule has 3 aromatic rings. The third-order valence-corrected chi connectivity index (χ3v) is 7.44. The molecule has 1 aliphatic heterocycles. The number of ketones is 1. The number of aromatic nitrogens is 2. The topological polar surface area (TPSA) is 126 Å². The van der Waals surface area contributed by atoms with E-state index in [0.717, 1.165) is 18.4 Å². The van der Waals surface area contributed by atoms with E-state index in [2.05, 4.69) is 9.97 Å². The van der Waals surface area contributed by atoms with Crippen LogP contribution in [0.15, 0.2) is 47.6 Å². The smallest absolute Gasteiger partial charge is 0.185 e. The number of hydrogen-bond donors (Lipinski definition) is 2. The summed E-state index contributed by atoms with van der Waals surface area (Å²) in [7, 11) is -3.92. The molecule has 0 radical (unpaired) electrons. The number of carbonyl (C=O) groups is 1. The molecule has 0 unspecified atom stereocenters. The highest BCUT2D eigenvalue weighted by Gasteiger charge is 2.32. The van der Waals surface area contributed by atoms with E-state index in [1.807, 2.05) is 11.8 Å². The number of piperidine rings is 1. The van der Waals surface area contributed by atoms with Crippen LogP contribution in [0.1, 0.15) is 23.0 Å². The average Bonchev–Trinajstić information content (AvgIpc) is 2.82. The largest absolute Gasteiger partial charge is 0.391 e. The minimum Gasteiger partial charge on any atom is -0.391 e. The van der Waals surface area contributed by atoms with E-state index in [1.54, 1.807) is 12.3 Å². The van der Waals surface area contributed by atoms with Crippen LogP contribution in [-0.4, -0.2) is 60.8 Å². The lowest BCUT2D eigenvalue weighted by molar-refractivity contribution is 0.0784. The fraction of sp³-hybridized carbons (Fsp3) is 0.320. The summed E-state index contributed by atoms with van der Waals surface area (Å²) in [4.78, 5) is 22.4. The maximum Gasteiger partial charge on any atom is 0.185 e. The minimum absolute atomic E-state index is 0.110. The van der Waals surface area contributed by atoms with Crippen molar-refractivity contribution in [1.82, 2.24) is 9.97 Å². The molecule has 12 heteroatoms. The van der Waals surface area contributed by atoms with Gasteiger partial charge in [-0.25, -0.2) is 26.6 Å². The number of sulfone groups is 1. The molecule has 0 aliphatic carbocycles. The van der Waals surface area contributed by atoms with Crippen molar-refractivity contribution in [2.45, 2.75) is 30.4 Å². The molecule has 3 heterocycles. The first-order chi connectivity index (χ1) is 17.4. The van der Waals surface area contributed by atoms with Crippen LogP contribution in [0, 0.1) is 23.4 Å². The Morgan fingerprint density at radius 2 is 1.81 bits per heavy atom. The number of hydrogen-bond acceptors (Lipinski definition) is 8. The second-order valence-corrected chi connectivity index (χ2v) is 11.2. The van der Waals surface area contributed by atoms with Crippen molar-refractivity contribution in [2.24, 2.45) is 11.7 Å². The normalized spacial score (nSPS) is 20.2. The molecule has 1 aromatic carbocycles. The van der Waals surface area contributed by atoms with Gasteiger partial charge in [0.25, 0.3) is 0 Å². The van der Waals surface area contributed by atoms with Gasteiger partial charge >= 0.3 is 0 Å². The fourth-order valence-electron chi connectivity index (χ4n) is 4.40. The summed E-state index contributed by atoms with van der Waals surface area (Å²) in [6.45, 7) is 2.73. The highest BCUT2D eigenvalue weighted by atomic mass is 32.2. The zero-order valence-electron chi connectivity index (χ0n) is 20.0. The van der Waals surface area contributed by atoms with Crippen molar-refractivity contribution in [3.8, 4) is 11.3 Å². The van der Waals surface area contributed by atoms with Crippen LogP contribution in [0.4, 0.5) is 18.9 Å². The highest BCUT2D eigenvalue weighted by Crippen LogP contribution is 2.31. The number of rotatable bonds is 6. The van der Waals surface area contributed by atoms with Gasteiger partial charge in [-0.3, -0.25) is 9.78 Å². The fourth-order valence-corrected chi connectivity index (χ4v) is 5.04. The van der Waals surface area contributed by atoms with Gasteiger partial charge < -0.3 is 15.7 Å². The highest BCUT2D eigenvalue weighted by molar-refractivity contribution is 7.90. The van der Waals surface area contributed by atoms with Crippen molar-refractivity contribution in [1.29, 1.82) is 0 Å². The third-order valence-electron chi connectivity index (χ3n) is 6.34. The lowest BCUT2D eigenvalue weighted by atomic mass is 9.92. The summed E-state index contributed by atoms with van der Waals surface area (Å²) in [6.07, 6.45) is 3.00. The minimum atomic E-state index is -3.92. The Hall–Kier alpha value is -3.35. The van der Waals surface area contributed by atoms with Crippen LogP contribution in [-0.2, 0) is 16.3 Å². The molecule has 1 fully saturated rings. The standard InChI is InChI=1S/C25H25F3N4O4S/c1-13-11-32(12-19(29)25(13)34)21-5-6-30-10-14(21)7-22(33)20-4-3-16(26)24(31-20)23-17(27)8-15(9-18(23)28)37(2,35)36/h3-6,8-10,13,19,25,34H,7,11-12,29H2,1-2H3/t13-,19+,25+/m0/s1. The number of pyridine rings is 2. The van der Waals surface area contributed by atoms with E-state index >= 15 is 0 Å². The van der Waals surface area contributed by atoms with Crippen LogP contribution in [0.25, 0.3) is 11.3 Å². The SMILES string of the molecule is C[C@H]1CN(c2ccncc2CC(=O)c2ccc(F)c(-c3c(F)cc(S(C)(=O)=O)cc3F)n2)C[C@@H](N)[C@@H]1O. The first-order valence-corrected chi connectivity index (χ1v) is 13.3. The monoisotopic (exact) mass is 534 g/mol. The molecule has 0 spiro atoms. The van der Waals surface area contributed by atoms with Gasteiger partial charge in [-0.1, -0.05) is 6.92 Å². The average molecular weight is 535 g/mol. The van der Waals surface area contributed by atoms with Gasteiger partial charge in [-0.15, -0.1) is 0 Å². The Balaban J connectivity index is 1.66. The first kappa shape index (κ1) is 26.7. The molecule has 196 valence electrons. The first-order valence-electron chi connectivity index (χ1n) is 11.4. The van der Waals surface area contributed by atoms with Crippen molar-refractivity contribution in [2.75, 3.05) is 24.2 Å². The number of aliphatic hydroxyl groups is 1. The maximum absolute atomic E-state index is 14.7. The van der Waals surface area contributed by atoms with Gasteiger partial charge in [0.2, 0.25) is 0 Å². The van der Waals surface area contributed by atoms with Crippen LogP contribution < -0.4 is 10.6 Å². The van der Waals surface area contributed by atoms with E-state index < -0.39 is 61.4 Å². The lowest BCUT2D eigenvalue weighted by Crippen LogP contribution is -2.55. The Labute approximate surface area is 211 Å². The molecule has 1 aliphatic rings. The number of aliphatic hydroxyl groups excluding tert-OH is 1. The Morgan fingerprint density at radius 1 is 1.14 bits per heavy atom. The molecule has 0 bridgehead atoms. The van der Waals surface area contributed by atoms with Crippen molar-refractivity contribution < 1.29 is 31.5 Å². The number of nitrogens with two attached hydrogens (primary N) is 1. The molecular formula is C25H25F3N4O4S. The molecule has 37 heavy (non-hydrogen) atoms. The number of nitrogens with zero attached hydrogens (tertiary/aromatic N) is 3. The molecule has 0 saturated carbocycles. The van der Waals surface area contributed by atoms with Gasteiger partial charge in [0, 0.05) is 61.4 Å². The summed E-state index contributed by atoms with van der Waals surface area (Å²) in [5, 5.41) is 10.2. The quantitative estimate of drug-likeness (QED) is 0.462. The Bertz CT molecular complexity index is 1430.